The summed E-state index contributed by atoms with van der Waals surface area (Å²) in [7, 11) is 0. The zero-order chi connectivity index (χ0) is 19.4. The first kappa shape index (κ1) is 22.4. The van der Waals surface area contributed by atoms with Gasteiger partial charge in [0.05, 0.1) is 6.10 Å². The largest absolute Gasteiger partial charge is 0.389 e. The molecule has 0 amide bonds. The normalized spacial score (nSPS) is 52.1. The van der Waals surface area contributed by atoms with Crippen molar-refractivity contribution in [2.24, 2.45) is 45.8 Å². The Morgan fingerprint density at radius 2 is 1.68 bits per heavy atom. The molecule has 0 aromatic carbocycles. The molecule has 0 aromatic heterocycles. The van der Waals surface area contributed by atoms with E-state index in [9.17, 15) is 5.11 Å². The minimum absolute atomic E-state index is 0. The predicted molar refractivity (Wildman–Crippen MR) is 121 cm³/mol. The van der Waals surface area contributed by atoms with Crippen LogP contribution in [0.5, 0.6) is 0 Å². The monoisotopic (exact) mass is 388 g/mol. The van der Waals surface area contributed by atoms with Crippen LogP contribution < -0.4 is 0 Å². The first-order chi connectivity index (χ1) is 12.7. The molecule has 9 atom stereocenters. The molecule has 0 bridgehead atoms. The third kappa shape index (κ3) is 3.14. The second-order valence-electron chi connectivity index (χ2n) is 11.9. The molecule has 28 heavy (non-hydrogen) atoms. The maximum Gasteiger partial charge on any atom is 0.0751 e. The van der Waals surface area contributed by atoms with Crippen molar-refractivity contribution < 1.29 is 5.11 Å². The molecule has 1 nitrogen and oxygen atoms in total. The van der Waals surface area contributed by atoms with Gasteiger partial charge in [-0.2, -0.15) is 0 Å². The summed E-state index contributed by atoms with van der Waals surface area (Å²) >= 11 is 0. The number of aliphatic hydroxyl groups is 1. The third-order valence-electron chi connectivity index (χ3n) is 10.8. The van der Waals surface area contributed by atoms with E-state index in [1.807, 2.05) is 6.08 Å². The van der Waals surface area contributed by atoms with Gasteiger partial charge in [0.25, 0.3) is 0 Å². The van der Waals surface area contributed by atoms with E-state index in [1.54, 1.807) is 0 Å². The SMILES string of the molecule is C.C=CC(O)C1CCCC2C3CC[C@]4(C)CC(C)CCCC4(C)C3CCC12C. The minimum atomic E-state index is -0.308. The summed E-state index contributed by atoms with van der Waals surface area (Å²) in [6.07, 6.45) is 16.8. The summed E-state index contributed by atoms with van der Waals surface area (Å²) in [5.74, 6) is 3.98. The van der Waals surface area contributed by atoms with Crippen LogP contribution >= 0.6 is 0 Å². The smallest absolute Gasteiger partial charge is 0.0751 e. The van der Waals surface area contributed by atoms with Crippen molar-refractivity contribution in [3.63, 3.8) is 0 Å². The van der Waals surface area contributed by atoms with Crippen LogP contribution in [0, 0.1) is 45.8 Å². The molecular weight excluding hydrogens is 340 g/mol. The molecule has 0 aromatic rings. The fraction of sp³-hybridized carbons (Fsp3) is 0.926. The average molecular weight is 389 g/mol. The van der Waals surface area contributed by atoms with E-state index in [4.69, 9.17) is 0 Å². The van der Waals surface area contributed by atoms with Gasteiger partial charge in [-0.15, -0.1) is 6.58 Å². The molecule has 1 N–H and O–H groups in total. The molecule has 4 rings (SSSR count). The second kappa shape index (κ2) is 7.75. The van der Waals surface area contributed by atoms with Gasteiger partial charge in [-0.1, -0.05) is 60.5 Å². The van der Waals surface area contributed by atoms with Crippen LogP contribution in [0.25, 0.3) is 0 Å². The topological polar surface area (TPSA) is 20.2 Å². The van der Waals surface area contributed by atoms with Crippen molar-refractivity contribution in [1.82, 2.24) is 0 Å². The van der Waals surface area contributed by atoms with Gasteiger partial charge in [0.2, 0.25) is 0 Å². The van der Waals surface area contributed by atoms with E-state index in [1.165, 1.54) is 70.6 Å². The van der Waals surface area contributed by atoms with Crippen LogP contribution in [0.2, 0.25) is 0 Å². The van der Waals surface area contributed by atoms with Gasteiger partial charge in [0.15, 0.2) is 0 Å². The lowest BCUT2D eigenvalue weighted by Gasteiger charge is -2.65. The Bertz CT molecular complexity index is 569. The predicted octanol–water partition coefficient (Wildman–Crippen LogP) is 7.63. The van der Waals surface area contributed by atoms with Crippen LogP contribution in [0.3, 0.4) is 0 Å². The molecule has 162 valence electrons. The number of hydrogen-bond donors (Lipinski definition) is 1. The molecule has 4 aliphatic rings. The van der Waals surface area contributed by atoms with E-state index in [0.29, 0.717) is 22.2 Å². The maximum absolute atomic E-state index is 10.7. The summed E-state index contributed by atoms with van der Waals surface area (Å²) in [6.45, 7) is 14.3. The molecule has 0 heterocycles. The van der Waals surface area contributed by atoms with Crippen molar-refractivity contribution in [3.05, 3.63) is 12.7 Å². The lowest BCUT2D eigenvalue weighted by atomic mass is 9.39. The molecule has 4 fully saturated rings. The molecule has 0 aliphatic heterocycles. The molecule has 1 heteroatoms. The van der Waals surface area contributed by atoms with Crippen LogP contribution in [-0.2, 0) is 0 Å². The van der Waals surface area contributed by atoms with Crippen molar-refractivity contribution in [2.75, 3.05) is 0 Å². The van der Waals surface area contributed by atoms with Crippen molar-refractivity contribution in [2.45, 2.75) is 112 Å². The first-order valence-corrected chi connectivity index (χ1v) is 12.1. The highest BCUT2D eigenvalue weighted by molar-refractivity contribution is 5.12. The van der Waals surface area contributed by atoms with Gasteiger partial charge in [-0.3, -0.25) is 0 Å². The van der Waals surface area contributed by atoms with E-state index < -0.39 is 0 Å². The quantitative estimate of drug-likeness (QED) is 0.482. The zero-order valence-electron chi connectivity index (χ0n) is 18.5. The van der Waals surface area contributed by atoms with Gasteiger partial charge < -0.3 is 5.11 Å². The van der Waals surface area contributed by atoms with E-state index >= 15 is 0 Å². The number of fused-ring (bicyclic) bond motifs is 5. The fourth-order valence-electron chi connectivity index (χ4n) is 9.18. The molecule has 0 saturated heterocycles. The highest BCUT2D eigenvalue weighted by Crippen LogP contribution is 2.69. The molecule has 0 spiro atoms. The van der Waals surface area contributed by atoms with Crippen LogP contribution in [0.4, 0.5) is 0 Å². The van der Waals surface area contributed by atoms with E-state index in [0.717, 1.165) is 23.7 Å². The van der Waals surface area contributed by atoms with E-state index in [2.05, 4.69) is 34.3 Å². The number of rotatable bonds is 2. The molecule has 8 unspecified atom stereocenters. The minimum Gasteiger partial charge on any atom is -0.389 e. The summed E-state index contributed by atoms with van der Waals surface area (Å²) in [5, 5.41) is 10.7. The Labute approximate surface area is 175 Å². The van der Waals surface area contributed by atoms with Crippen LogP contribution in [-0.4, -0.2) is 11.2 Å². The Morgan fingerprint density at radius 1 is 0.929 bits per heavy atom. The lowest BCUT2D eigenvalue weighted by Crippen LogP contribution is -2.58. The van der Waals surface area contributed by atoms with Gasteiger partial charge in [0.1, 0.15) is 0 Å². The van der Waals surface area contributed by atoms with Crippen LogP contribution in [0.15, 0.2) is 12.7 Å². The van der Waals surface area contributed by atoms with Crippen molar-refractivity contribution in [1.29, 1.82) is 0 Å². The van der Waals surface area contributed by atoms with Crippen molar-refractivity contribution in [3.8, 4) is 0 Å². The zero-order valence-corrected chi connectivity index (χ0v) is 18.5. The highest BCUT2D eigenvalue weighted by atomic mass is 16.3. The van der Waals surface area contributed by atoms with Gasteiger partial charge in [-0.25, -0.2) is 0 Å². The molecule has 4 saturated carbocycles. The summed E-state index contributed by atoms with van der Waals surface area (Å²) in [4.78, 5) is 0. The second-order valence-corrected chi connectivity index (χ2v) is 11.9. The fourth-order valence-corrected chi connectivity index (χ4v) is 9.18. The molecule has 4 aliphatic carbocycles. The maximum atomic E-state index is 10.7. The lowest BCUT2D eigenvalue weighted by molar-refractivity contribution is -0.170. The molecule has 0 radical (unpaired) electrons. The standard InChI is InChI=1S/C26H44O.CH4/c1-6-23(27)22-11-7-10-20-19-12-15-24(3)17-18(2)9-8-14-26(24,5)21(19)13-16-25(20,22)4;/h6,18-23,27H,1,7-17H2,2-5H3;1H4/t18?,19?,20?,21?,22?,23?,24-,25?,26?;/m1./s1. The van der Waals surface area contributed by atoms with Crippen LogP contribution in [0.1, 0.15) is 106 Å². The van der Waals surface area contributed by atoms with Gasteiger partial charge in [0, 0.05) is 0 Å². The first-order valence-electron chi connectivity index (χ1n) is 12.1. The summed E-state index contributed by atoms with van der Waals surface area (Å²) in [6, 6.07) is 0. The molecular formula is C27H48O. The van der Waals surface area contributed by atoms with Gasteiger partial charge in [-0.05, 0) is 97.2 Å². The Balaban J connectivity index is 0.00000225. The van der Waals surface area contributed by atoms with E-state index in [-0.39, 0.29) is 13.5 Å². The Kier molecular flexibility index (Phi) is 6.20. The number of hydrogen-bond acceptors (Lipinski definition) is 1. The summed E-state index contributed by atoms with van der Waals surface area (Å²) < 4.78 is 0. The van der Waals surface area contributed by atoms with Crippen molar-refractivity contribution >= 4 is 0 Å². The third-order valence-corrected chi connectivity index (χ3v) is 10.8. The number of aliphatic hydroxyl groups excluding tert-OH is 1. The summed E-state index contributed by atoms with van der Waals surface area (Å²) in [5.41, 5.74) is 1.41. The highest BCUT2D eigenvalue weighted by Gasteiger charge is 2.61. The average Bonchev–Trinajstić information content (AvgIpc) is 2.75. The Morgan fingerprint density at radius 3 is 2.39 bits per heavy atom. The van der Waals surface area contributed by atoms with Gasteiger partial charge >= 0.3 is 0 Å². The Hall–Kier alpha value is -0.300.